The van der Waals surface area contributed by atoms with Gasteiger partial charge in [-0.25, -0.2) is 9.97 Å². The highest BCUT2D eigenvalue weighted by Gasteiger charge is 2.22. The lowest BCUT2D eigenvalue weighted by Crippen LogP contribution is -2.49. The van der Waals surface area contributed by atoms with Crippen LogP contribution in [0.3, 0.4) is 0 Å². The van der Waals surface area contributed by atoms with Gasteiger partial charge >= 0.3 is 5.97 Å². The van der Waals surface area contributed by atoms with Crippen LogP contribution in [-0.4, -0.2) is 71.0 Å². The van der Waals surface area contributed by atoms with Gasteiger partial charge in [0.25, 0.3) is 11.6 Å². The van der Waals surface area contributed by atoms with Gasteiger partial charge in [0.15, 0.2) is 6.61 Å². The molecule has 1 aliphatic rings. The van der Waals surface area contributed by atoms with E-state index in [-0.39, 0.29) is 24.6 Å². The van der Waals surface area contributed by atoms with E-state index >= 15 is 0 Å². The second-order valence-corrected chi connectivity index (χ2v) is 6.55. The standard InChI is InChI=1S/C19H22N6O5/c26-17(14-30-18(27)6-9-22-19-20-7-1-8-21-19)24-12-10-23(11-13-24)15-2-4-16(5-3-15)25(28)29/h1-5,7-8H,6,9-14H2,(H,20,21,22). The lowest BCUT2D eigenvalue weighted by Gasteiger charge is -2.36. The molecule has 3 rings (SSSR count). The average Bonchev–Trinajstić information content (AvgIpc) is 2.78. The first kappa shape index (κ1) is 21.0. The van der Waals surface area contributed by atoms with E-state index in [1.54, 1.807) is 35.5 Å². The summed E-state index contributed by atoms with van der Waals surface area (Å²) in [7, 11) is 0. The molecule has 0 bridgehead atoms. The first-order chi connectivity index (χ1) is 14.5. The Hall–Kier alpha value is -3.76. The molecule has 158 valence electrons. The van der Waals surface area contributed by atoms with Gasteiger partial charge in [-0.15, -0.1) is 0 Å². The second-order valence-electron chi connectivity index (χ2n) is 6.55. The molecule has 0 aliphatic carbocycles. The predicted octanol–water partition coefficient (Wildman–Crippen LogP) is 1.08. The second kappa shape index (κ2) is 10.1. The summed E-state index contributed by atoms with van der Waals surface area (Å²) in [6.07, 6.45) is 3.28. The maximum atomic E-state index is 12.3. The number of nitrogens with one attached hydrogen (secondary N) is 1. The number of piperazine rings is 1. The number of rotatable bonds is 8. The number of aromatic nitrogens is 2. The highest BCUT2D eigenvalue weighted by molar-refractivity contribution is 5.81. The Labute approximate surface area is 172 Å². The van der Waals surface area contributed by atoms with Crippen molar-refractivity contribution in [2.45, 2.75) is 6.42 Å². The number of amides is 1. The minimum absolute atomic E-state index is 0.0425. The first-order valence-corrected chi connectivity index (χ1v) is 9.46. The lowest BCUT2D eigenvalue weighted by molar-refractivity contribution is -0.384. The number of hydrogen-bond donors (Lipinski definition) is 1. The van der Waals surface area contributed by atoms with Crippen LogP contribution in [0.4, 0.5) is 17.3 Å². The zero-order chi connectivity index (χ0) is 21.3. The molecule has 1 aromatic carbocycles. The number of carbonyl (C=O) groups excluding carboxylic acids is 2. The van der Waals surface area contributed by atoms with E-state index in [1.165, 1.54) is 12.1 Å². The van der Waals surface area contributed by atoms with Crippen LogP contribution in [0.2, 0.25) is 0 Å². The van der Waals surface area contributed by atoms with Crippen LogP contribution in [0.5, 0.6) is 0 Å². The number of benzene rings is 1. The van der Waals surface area contributed by atoms with Crippen molar-refractivity contribution in [1.29, 1.82) is 0 Å². The molecule has 1 aliphatic heterocycles. The molecule has 1 saturated heterocycles. The van der Waals surface area contributed by atoms with Crippen LogP contribution in [-0.2, 0) is 14.3 Å². The third-order valence-corrected chi connectivity index (χ3v) is 4.59. The van der Waals surface area contributed by atoms with Gasteiger partial charge in [-0.3, -0.25) is 19.7 Å². The van der Waals surface area contributed by atoms with Gasteiger partial charge in [-0.1, -0.05) is 0 Å². The molecule has 0 radical (unpaired) electrons. The van der Waals surface area contributed by atoms with Crippen LogP contribution in [0.1, 0.15) is 6.42 Å². The zero-order valence-corrected chi connectivity index (χ0v) is 16.3. The molecule has 2 heterocycles. The fourth-order valence-electron chi connectivity index (χ4n) is 2.97. The maximum absolute atomic E-state index is 12.3. The number of nitro groups is 1. The van der Waals surface area contributed by atoms with Crippen molar-refractivity contribution in [3.8, 4) is 0 Å². The van der Waals surface area contributed by atoms with Crippen molar-refractivity contribution in [3.05, 3.63) is 52.8 Å². The SMILES string of the molecule is O=C(CCNc1ncccn1)OCC(=O)N1CCN(c2ccc([N+](=O)[O-])cc2)CC1. The highest BCUT2D eigenvalue weighted by Crippen LogP contribution is 2.20. The van der Waals surface area contributed by atoms with E-state index in [1.807, 2.05) is 0 Å². The average molecular weight is 414 g/mol. The molecule has 11 heteroatoms. The number of nitrogens with zero attached hydrogens (tertiary/aromatic N) is 5. The van der Waals surface area contributed by atoms with Crippen LogP contribution in [0.15, 0.2) is 42.7 Å². The summed E-state index contributed by atoms with van der Waals surface area (Å²) in [6.45, 7) is 2.18. The molecule has 0 unspecified atom stereocenters. The Bertz CT molecular complexity index is 869. The Morgan fingerprint density at radius 2 is 1.77 bits per heavy atom. The highest BCUT2D eigenvalue weighted by atomic mass is 16.6. The van der Waals surface area contributed by atoms with E-state index in [4.69, 9.17) is 4.74 Å². The fraction of sp³-hybridized carbons (Fsp3) is 0.368. The third kappa shape index (κ3) is 5.87. The van der Waals surface area contributed by atoms with Gasteiger partial charge in [-0.05, 0) is 18.2 Å². The van der Waals surface area contributed by atoms with Crippen molar-refractivity contribution in [1.82, 2.24) is 14.9 Å². The molecule has 0 saturated carbocycles. The number of carbonyl (C=O) groups is 2. The van der Waals surface area contributed by atoms with Crippen LogP contribution in [0.25, 0.3) is 0 Å². The molecular formula is C19H22N6O5. The fourth-order valence-corrected chi connectivity index (χ4v) is 2.97. The van der Waals surface area contributed by atoms with Crippen molar-refractivity contribution in [3.63, 3.8) is 0 Å². The summed E-state index contributed by atoms with van der Waals surface area (Å²) in [4.78, 5) is 46.0. The van der Waals surface area contributed by atoms with E-state index < -0.39 is 10.9 Å². The van der Waals surface area contributed by atoms with Gasteiger partial charge in [0.05, 0.1) is 11.3 Å². The summed E-state index contributed by atoms with van der Waals surface area (Å²) >= 11 is 0. The number of hydrogen-bond acceptors (Lipinski definition) is 9. The normalized spacial score (nSPS) is 13.6. The number of esters is 1. The summed E-state index contributed by atoms with van der Waals surface area (Å²) in [6, 6.07) is 8.02. The van der Waals surface area contributed by atoms with Crippen LogP contribution < -0.4 is 10.2 Å². The molecule has 30 heavy (non-hydrogen) atoms. The van der Waals surface area contributed by atoms with Crippen molar-refractivity contribution in [2.24, 2.45) is 0 Å². The first-order valence-electron chi connectivity index (χ1n) is 9.46. The third-order valence-electron chi connectivity index (χ3n) is 4.59. The van der Waals surface area contributed by atoms with Gasteiger partial charge in [0.2, 0.25) is 5.95 Å². The minimum atomic E-state index is -0.476. The molecule has 1 amide bonds. The van der Waals surface area contributed by atoms with E-state index in [0.29, 0.717) is 38.7 Å². The summed E-state index contributed by atoms with van der Waals surface area (Å²) in [5.74, 6) is -0.297. The number of ether oxygens (including phenoxy) is 1. The molecule has 1 N–H and O–H groups in total. The van der Waals surface area contributed by atoms with E-state index in [9.17, 15) is 19.7 Å². The van der Waals surface area contributed by atoms with Crippen LogP contribution >= 0.6 is 0 Å². The number of non-ortho nitro benzene ring substituents is 1. The Kier molecular flexibility index (Phi) is 7.09. The molecule has 1 aromatic heterocycles. The van der Waals surface area contributed by atoms with Gasteiger partial charge in [0.1, 0.15) is 0 Å². The van der Waals surface area contributed by atoms with Gasteiger partial charge in [-0.2, -0.15) is 0 Å². The predicted molar refractivity (Wildman–Crippen MR) is 108 cm³/mol. The monoisotopic (exact) mass is 414 g/mol. The van der Waals surface area contributed by atoms with E-state index in [2.05, 4.69) is 20.2 Å². The zero-order valence-electron chi connectivity index (χ0n) is 16.3. The molecular weight excluding hydrogens is 392 g/mol. The van der Waals surface area contributed by atoms with Crippen molar-refractivity contribution < 1.29 is 19.2 Å². The molecule has 1 fully saturated rings. The summed E-state index contributed by atoms with van der Waals surface area (Å²) < 4.78 is 5.05. The smallest absolute Gasteiger partial charge is 0.308 e. The molecule has 2 aromatic rings. The maximum Gasteiger partial charge on any atom is 0.308 e. The van der Waals surface area contributed by atoms with Crippen LogP contribution in [0, 0.1) is 10.1 Å². The Morgan fingerprint density at radius 1 is 1.10 bits per heavy atom. The van der Waals surface area contributed by atoms with Gasteiger partial charge < -0.3 is 19.9 Å². The minimum Gasteiger partial charge on any atom is -0.456 e. The summed E-state index contributed by atoms with van der Waals surface area (Å²) in [5, 5.41) is 13.6. The molecule has 11 nitrogen and oxygen atoms in total. The quantitative estimate of drug-likeness (QED) is 0.383. The number of nitro benzene ring substituents is 1. The summed E-state index contributed by atoms with van der Waals surface area (Å²) in [5.41, 5.74) is 0.912. The Morgan fingerprint density at radius 3 is 2.40 bits per heavy atom. The molecule has 0 spiro atoms. The van der Waals surface area contributed by atoms with Crippen molar-refractivity contribution >= 4 is 29.2 Å². The van der Waals surface area contributed by atoms with Crippen molar-refractivity contribution in [2.75, 3.05) is 49.5 Å². The largest absolute Gasteiger partial charge is 0.456 e. The topological polar surface area (TPSA) is 131 Å². The van der Waals surface area contributed by atoms with Gasteiger partial charge in [0, 0.05) is 62.9 Å². The Balaban J connectivity index is 1.35. The molecule has 0 atom stereocenters. The van der Waals surface area contributed by atoms with E-state index in [0.717, 1.165) is 5.69 Å². The lowest BCUT2D eigenvalue weighted by atomic mass is 10.2. The number of anilines is 2.